The Bertz CT molecular complexity index is 1550. The molecule has 2 aliphatic rings. The lowest BCUT2D eigenvalue weighted by Crippen LogP contribution is -2.62. The zero-order valence-corrected chi connectivity index (χ0v) is 22.0. The number of aromatic nitrogens is 2. The Morgan fingerprint density at radius 2 is 2.08 bits per heavy atom. The first-order valence-corrected chi connectivity index (χ1v) is 13.1. The summed E-state index contributed by atoms with van der Waals surface area (Å²) in [5.74, 6) is -0.782. The molecule has 1 fully saturated rings. The smallest absolute Gasteiger partial charge is 0.290 e. The molecule has 0 radical (unpaired) electrons. The minimum atomic E-state index is -0.781. The maximum absolute atomic E-state index is 14.9. The Hall–Kier alpha value is -3.99. The van der Waals surface area contributed by atoms with Crippen LogP contribution in [0.15, 0.2) is 53.1 Å². The van der Waals surface area contributed by atoms with Crippen molar-refractivity contribution in [2.45, 2.75) is 37.4 Å². The van der Waals surface area contributed by atoms with Gasteiger partial charge in [-0.05, 0) is 42.8 Å². The van der Waals surface area contributed by atoms with E-state index >= 15 is 0 Å². The van der Waals surface area contributed by atoms with Crippen molar-refractivity contribution < 1.29 is 18.4 Å². The van der Waals surface area contributed by atoms with Gasteiger partial charge < -0.3 is 24.9 Å². The lowest BCUT2D eigenvalue weighted by molar-refractivity contribution is -0.127. The van der Waals surface area contributed by atoms with E-state index < -0.39 is 11.5 Å². The Balaban J connectivity index is 1.28. The van der Waals surface area contributed by atoms with E-state index in [1.807, 2.05) is 43.1 Å². The highest BCUT2D eigenvalue weighted by Crippen LogP contribution is 2.48. The summed E-state index contributed by atoms with van der Waals surface area (Å²) < 4.78 is 29.2. The number of fused-ring (bicyclic) bond motifs is 4. The third-order valence-electron chi connectivity index (χ3n) is 7.89. The quantitative estimate of drug-likeness (QED) is 0.402. The highest BCUT2D eigenvalue weighted by molar-refractivity contribution is 7.00. The van der Waals surface area contributed by atoms with Crippen LogP contribution >= 0.6 is 11.7 Å². The molecular weight excluding hydrogens is 507 g/mol. The minimum Gasteiger partial charge on any atom is -0.459 e. The predicted octanol–water partition coefficient (Wildman–Crippen LogP) is 3.77. The van der Waals surface area contributed by atoms with Crippen molar-refractivity contribution in [3.8, 4) is 0 Å². The second-order valence-corrected chi connectivity index (χ2v) is 10.7. The maximum Gasteiger partial charge on any atom is 0.290 e. The Morgan fingerprint density at radius 1 is 1.26 bits per heavy atom. The van der Waals surface area contributed by atoms with Crippen molar-refractivity contribution in [1.29, 1.82) is 0 Å². The van der Waals surface area contributed by atoms with Crippen LogP contribution < -0.4 is 15.5 Å². The molecule has 9 nitrogen and oxygen atoms in total. The highest BCUT2D eigenvalue weighted by atomic mass is 32.1. The number of benzene rings is 2. The van der Waals surface area contributed by atoms with Crippen LogP contribution in [-0.4, -0.2) is 58.2 Å². The van der Waals surface area contributed by atoms with Crippen molar-refractivity contribution in [3.05, 3.63) is 71.4 Å². The van der Waals surface area contributed by atoms with Crippen molar-refractivity contribution >= 4 is 46.0 Å². The van der Waals surface area contributed by atoms with Gasteiger partial charge in [-0.2, -0.15) is 8.75 Å². The standard InChI is InChI=1S/C27H27FN6O3S/c1-27-12-21(25(35)29-2)34(14-22(27)30-19-6-4-5-17(28)23(19)27)26(36)24-15(9-10-37-24)13-33(3)16-7-8-18-20(11-16)32-38-31-18/h4-11,21-22,30H,12-14H2,1-3H3,(H,29,35). The molecule has 6 rings (SSSR count). The van der Waals surface area contributed by atoms with E-state index in [0.29, 0.717) is 23.4 Å². The molecule has 0 aliphatic carbocycles. The molecule has 38 heavy (non-hydrogen) atoms. The van der Waals surface area contributed by atoms with Crippen LogP contribution in [0.2, 0.25) is 0 Å². The second kappa shape index (κ2) is 9.09. The Morgan fingerprint density at radius 3 is 2.89 bits per heavy atom. The van der Waals surface area contributed by atoms with E-state index in [2.05, 4.69) is 19.4 Å². The predicted molar refractivity (Wildman–Crippen MR) is 143 cm³/mol. The molecule has 2 aliphatic heterocycles. The Kier molecular flexibility index (Phi) is 5.82. The van der Waals surface area contributed by atoms with Crippen LogP contribution in [-0.2, 0) is 16.8 Å². The molecule has 2 amide bonds. The number of hydrogen-bond acceptors (Lipinski definition) is 8. The van der Waals surface area contributed by atoms with Crippen molar-refractivity contribution in [1.82, 2.24) is 19.0 Å². The average Bonchev–Trinajstić information content (AvgIpc) is 3.63. The summed E-state index contributed by atoms with van der Waals surface area (Å²) in [5.41, 5.74) is 3.90. The molecule has 0 spiro atoms. The number of piperidine rings is 1. The van der Waals surface area contributed by atoms with Crippen molar-refractivity contribution in [3.63, 3.8) is 0 Å². The zero-order chi connectivity index (χ0) is 26.6. The van der Waals surface area contributed by atoms with Crippen LogP contribution in [0.3, 0.4) is 0 Å². The van der Waals surface area contributed by atoms with Gasteiger partial charge in [0.1, 0.15) is 22.9 Å². The number of likely N-dealkylation sites (tertiary alicyclic amines) is 1. The molecule has 3 atom stereocenters. The van der Waals surface area contributed by atoms with Gasteiger partial charge in [0.25, 0.3) is 5.91 Å². The number of nitrogens with zero attached hydrogens (tertiary/aromatic N) is 4. The molecule has 0 saturated carbocycles. The van der Waals surface area contributed by atoms with Gasteiger partial charge in [-0.25, -0.2) is 4.39 Å². The third-order valence-corrected chi connectivity index (χ3v) is 8.45. The average molecular weight is 535 g/mol. The number of amides is 2. The van der Waals surface area contributed by atoms with Gasteiger partial charge >= 0.3 is 0 Å². The van der Waals surface area contributed by atoms with Gasteiger partial charge in [0.05, 0.1) is 24.0 Å². The molecule has 196 valence electrons. The van der Waals surface area contributed by atoms with Gasteiger partial charge in [-0.1, -0.05) is 13.0 Å². The van der Waals surface area contributed by atoms with Gasteiger partial charge in [0.2, 0.25) is 5.91 Å². The van der Waals surface area contributed by atoms with Crippen molar-refractivity contribution in [2.24, 2.45) is 0 Å². The SMILES string of the molecule is CNC(=O)C1CC2(C)c3c(F)cccc3NC2CN1C(=O)c1occc1CN(C)c1ccc2nsnc2c1. The normalized spacial score (nSPS) is 22.1. The lowest BCUT2D eigenvalue weighted by Gasteiger charge is -2.46. The van der Waals surface area contributed by atoms with E-state index in [-0.39, 0.29) is 42.4 Å². The summed E-state index contributed by atoms with van der Waals surface area (Å²) in [6, 6.07) is 11.5. The number of rotatable bonds is 5. The van der Waals surface area contributed by atoms with Crippen LogP contribution in [0, 0.1) is 5.82 Å². The number of furan rings is 1. The zero-order valence-electron chi connectivity index (χ0n) is 21.2. The minimum absolute atomic E-state index is 0.187. The van der Waals surface area contributed by atoms with E-state index in [0.717, 1.165) is 16.7 Å². The molecule has 4 aromatic rings. The molecule has 1 saturated heterocycles. The number of carbonyl (C=O) groups excluding carboxylic acids is 2. The van der Waals surface area contributed by atoms with E-state index in [9.17, 15) is 14.0 Å². The monoisotopic (exact) mass is 534 g/mol. The van der Waals surface area contributed by atoms with E-state index in [1.54, 1.807) is 24.1 Å². The largest absolute Gasteiger partial charge is 0.459 e. The second-order valence-electron chi connectivity index (χ2n) is 10.1. The first-order chi connectivity index (χ1) is 18.3. The fourth-order valence-corrected chi connectivity index (χ4v) is 6.35. The number of likely N-dealkylation sites (N-methyl/N-ethyl adjacent to an activating group) is 1. The van der Waals surface area contributed by atoms with Gasteiger partial charge in [-0.15, -0.1) is 0 Å². The molecule has 4 heterocycles. The first kappa shape index (κ1) is 24.4. The lowest BCUT2D eigenvalue weighted by atomic mass is 9.70. The van der Waals surface area contributed by atoms with Crippen LogP contribution in [0.4, 0.5) is 15.8 Å². The molecule has 11 heteroatoms. The molecule has 0 bridgehead atoms. The molecular formula is C27H27FN6O3S. The Labute approximate surface area is 222 Å². The third kappa shape index (κ3) is 3.80. The molecule has 2 N–H and O–H groups in total. The van der Waals surface area contributed by atoms with E-state index in [1.165, 1.54) is 24.1 Å². The number of carbonyl (C=O) groups is 2. The molecule has 3 unspecified atom stereocenters. The summed E-state index contributed by atoms with van der Waals surface area (Å²) in [7, 11) is 3.47. The van der Waals surface area contributed by atoms with Gasteiger partial charge in [0, 0.05) is 55.1 Å². The topological polar surface area (TPSA) is 104 Å². The summed E-state index contributed by atoms with van der Waals surface area (Å²) in [4.78, 5) is 30.5. The summed E-state index contributed by atoms with van der Waals surface area (Å²) in [6.45, 7) is 2.60. The summed E-state index contributed by atoms with van der Waals surface area (Å²) in [6.07, 6.45) is 1.77. The van der Waals surface area contributed by atoms with Gasteiger partial charge in [0.15, 0.2) is 5.76 Å². The first-order valence-electron chi connectivity index (χ1n) is 12.4. The molecule has 2 aromatic carbocycles. The van der Waals surface area contributed by atoms with E-state index in [4.69, 9.17) is 4.42 Å². The highest BCUT2D eigenvalue weighted by Gasteiger charge is 2.54. The number of nitrogens with one attached hydrogen (secondary N) is 2. The number of hydrogen-bond donors (Lipinski definition) is 2. The van der Waals surface area contributed by atoms with Gasteiger partial charge in [-0.3, -0.25) is 9.59 Å². The summed E-state index contributed by atoms with van der Waals surface area (Å²) >= 11 is 1.17. The summed E-state index contributed by atoms with van der Waals surface area (Å²) in [5, 5.41) is 6.08. The van der Waals surface area contributed by atoms with Crippen LogP contribution in [0.5, 0.6) is 0 Å². The van der Waals surface area contributed by atoms with Crippen LogP contribution in [0.1, 0.15) is 35.0 Å². The molecule has 2 aromatic heterocycles. The van der Waals surface area contributed by atoms with Crippen molar-refractivity contribution in [2.75, 3.05) is 30.9 Å². The number of halogens is 1. The van der Waals surface area contributed by atoms with Crippen LogP contribution in [0.25, 0.3) is 11.0 Å². The number of anilines is 2. The fraction of sp³-hybridized carbons (Fsp3) is 0.333. The fourth-order valence-electron chi connectivity index (χ4n) is 5.83. The maximum atomic E-state index is 14.9.